The molecule has 4 rings (SSSR count). The molecular formula is C18H21F2N3O2. The summed E-state index contributed by atoms with van der Waals surface area (Å²) < 4.78 is 32.5. The number of carbonyl (C=O) groups is 1. The van der Waals surface area contributed by atoms with Gasteiger partial charge in [-0.3, -0.25) is 4.79 Å². The van der Waals surface area contributed by atoms with E-state index >= 15 is 0 Å². The first kappa shape index (κ1) is 16.3. The van der Waals surface area contributed by atoms with Gasteiger partial charge in [-0.05, 0) is 37.2 Å². The number of benzene rings is 1. The van der Waals surface area contributed by atoms with Gasteiger partial charge in [-0.15, -0.1) is 0 Å². The molecule has 1 atom stereocenters. The largest absolute Gasteiger partial charge is 0.489 e. The average molecular weight is 349 g/mol. The van der Waals surface area contributed by atoms with Crippen molar-refractivity contribution in [1.82, 2.24) is 15.2 Å². The highest BCUT2D eigenvalue weighted by Crippen LogP contribution is 2.29. The zero-order chi connectivity index (χ0) is 17.4. The molecule has 7 heteroatoms. The first-order valence-corrected chi connectivity index (χ1v) is 8.67. The molecule has 0 unspecified atom stereocenters. The van der Waals surface area contributed by atoms with E-state index in [0.29, 0.717) is 5.69 Å². The normalized spacial score (nSPS) is 23.1. The van der Waals surface area contributed by atoms with Crippen LogP contribution in [0.5, 0.6) is 5.75 Å². The minimum atomic E-state index is -2.65. The quantitative estimate of drug-likeness (QED) is 0.896. The topological polar surface area (TPSA) is 57.4 Å². The van der Waals surface area contributed by atoms with Gasteiger partial charge in [0.05, 0.1) is 0 Å². The zero-order valence-electron chi connectivity index (χ0n) is 13.9. The van der Waals surface area contributed by atoms with Gasteiger partial charge in [0.1, 0.15) is 17.5 Å². The van der Waals surface area contributed by atoms with E-state index in [0.717, 1.165) is 36.2 Å². The first-order valence-electron chi connectivity index (χ1n) is 8.67. The van der Waals surface area contributed by atoms with Crippen LogP contribution in [0, 0.1) is 0 Å². The molecule has 134 valence electrons. The summed E-state index contributed by atoms with van der Waals surface area (Å²) in [5.74, 6) is -2.11. The van der Waals surface area contributed by atoms with Crippen molar-refractivity contribution in [3.8, 4) is 5.75 Å². The third kappa shape index (κ3) is 3.46. The summed E-state index contributed by atoms with van der Waals surface area (Å²) in [6, 6.07) is 7.44. The predicted molar refractivity (Wildman–Crippen MR) is 90.3 cm³/mol. The van der Waals surface area contributed by atoms with Gasteiger partial charge in [0, 0.05) is 43.4 Å². The summed E-state index contributed by atoms with van der Waals surface area (Å²) in [6.45, 7) is 1.98. The molecule has 1 amide bonds. The molecule has 0 bridgehead atoms. The van der Waals surface area contributed by atoms with Gasteiger partial charge in [0.25, 0.3) is 11.8 Å². The highest BCUT2D eigenvalue weighted by Gasteiger charge is 2.36. The SMILES string of the molecule is O=C(c1cc2cc(O[C@H]3CCNC3)ccc2[nH]1)N1CCC(F)(F)CC1. The van der Waals surface area contributed by atoms with E-state index in [9.17, 15) is 13.6 Å². The lowest BCUT2D eigenvalue weighted by Crippen LogP contribution is -2.42. The number of hydrogen-bond acceptors (Lipinski definition) is 3. The Hall–Kier alpha value is -2.15. The van der Waals surface area contributed by atoms with Crippen LogP contribution in [0.1, 0.15) is 29.8 Å². The maximum atomic E-state index is 13.3. The fourth-order valence-corrected chi connectivity index (χ4v) is 3.43. The molecule has 2 fully saturated rings. The monoisotopic (exact) mass is 349 g/mol. The summed E-state index contributed by atoms with van der Waals surface area (Å²) in [7, 11) is 0. The summed E-state index contributed by atoms with van der Waals surface area (Å²) in [6.07, 6.45) is 0.611. The number of amides is 1. The fraction of sp³-hybridized carbons (Fsp3) is 0.500. The van der Waals surface area contributed by atoms with Crippen molar-refractivity contribution in [3.63, 3.8) is 0 Å². The Morgan fingerprint density at radius 1 is 1.24 bits per heavy atom. The molecule has 1 aromatic heterocycles. The van der Waals surface area contributed by atoms with E-state index in [2.05, 4.69) is 10.3 Å². The smallest absolute Gasteiger partial charge is 0.270 e. The minimum absolute atomic E-state index is 0.0875. The summed E-state index contributed by atoms with van der Waals surface area (Å²) in [5, 5.41) is 4.14. The number of alkyl halides is 2. The van der Waals surface area contributed by atoms with Gasteiger partial charge in [0.15, 0.2) is 0 Å². The molecule has 1 aromatic carbocycles. The lowest BCUT2D eigenvalue weighted by atomic mass is 10.1. The van der Waals surface area contributed by atoms with Gasteiger partial charge in [-0.25, -0.2) is 8.78 Å². The molecule has 25 heavy (non-hydrogen) atoms. The van der Waals surface area contributed by atoms with E-state index in [-0.39, 0.29) is 37.9 Å². The number of rotatable bonds is 3. The van der Waals surface area contributed by atoms with E-state index in [1.165, 1.54) is 4.90 Å². The standard InChI is InChI=1S/C18H21F2N3O2/c19-18(20)4-7-23(8-5-18)17(24)16-10-12-9-13(1-2-15(12)22-16)25-14-3-6-21-11-14/h1-2,9-10,14,21-22H,3-8,11H2/t14-/m0/s1. The van der Waals surface area contributed by atoms with Gasteiger partial charge in [0.2, 0.25) is 0 Å². The van der Waals surface area contributed by atoms with Gasteiger partial charge in [-0.1, -0.05) is 0 Å². The van der Waals surface area contributed by atoms with E-state index < -0.39 is 5.92 Å². The second-order valence-electron chi connectivity index (χ2n) is 6.81. The second kappa shape index (κ2) is 6.29. The minimum Gasteiger partial charge on any atom is -0.489 e. The number of hydrogen-bond donors (Lipinski definition) is 2. The van der Waals surface area contributed by atoms with Crippen molar-refractivity contribution in [2.24, 2.45) is 0 Å². The maximum absolute atomic E-state index is 13.3. The van der Waals surface area contributed by atoms with Crippen LogP contribution < -0.4 is 10.1 Å². The Kier molecular flexibility index (Phi) is 4.11. The molecule has 2 saturated heterocycles. The second-order valence-corrected chi connectivity index (χ2v) is 6.81. The molecule has 0 saturated carbocycles. The lowest BCUT2D eigenvalue weighted by Gasteiger charge is -2.31. The number of carbonyl (C=O) groups excluding carboxylic acids is 1. The molecule has 2 aliphatic rings. The van der Waals surface area contributed by atoms with Crippen LogP contribution in [0.25, 0.3) is 10.9 Å². The molecule has 0 aliphatic carbocycles. The van der Waals surface area contributed by atoms with Crippen molar-refractivity contribution in [1.29, 1.82) is 0 Å². The van der Waals surface area contributed by atoms with Crippen LogP contribution in [0.4, 0.5) is 8.78 Å². The van der Waals surface area contributed by atoms with Crippen molar-refractivity contribution in [2.45, 2.75) is 31.3 Å². The van der Waals surface area contributed by atoms with Crippen LogP contribution in [0.15, 0.2) is 24.3 Å². The van der Waals surface area contributed by atoms with Crippen molar-refractivity contribution in [2.75, 3.05) is 26.2 Å². The molecule has 3 heterocycles. The molecule has 0 radical (unpaired) electrons. The van der Waals surface area contributed by atoms with Crippen molar-refractivity contribution in [3.05, 3.63) is 30.0 Å². The van der Waals surface area contributed by atoms with E-state index in [4.69, 9.17) is 4.74 Å². The number of fused-ring (bicyclic) bond motifs is 1. The van der Waals surface area contributed by atoms with Crippen LogP contribution in [-0.2, 0) is 0 Å². The van der Waals surface area contributed by atoms with Gasteiger partial charge in [-0.2, -0.15) is 0 Å². The Morgan fingerprint density at radius 3 is 2.76 bits per heavy atom. The number of halogens is 2. The number of nitrogens with one attached hydrogen (secondary N) is 2. The Bertz CT molecular complexity index is 774. The Morgan fingerprint density at radius 2 is 2.04 bits per heavy atom. The third-order valence-corrected chi connectivity index (χ3v) is 4.92. The van der Waals surface area contributed by atoms with Crippen molar-refractivity contribution >= 4 is 16.8 Å². The molecule has 0 spiro atoms. The summed E-state index contributed by atoms with van der Waals surface area (Å²) >= 11 is 0. The number of ether oxygens (including phenoxy) is 1. The van der Waals surface area contributed by atoms with Gasteiger partial charge >= 0.3 is 0 Å². The van der Waals surface area contributed by atoms with Crippen LogP contribution in [0.2, 0.25) is 0 Å². The molecule has 5 nitrogen and oxygen atoms in total. The Labute approximate surface area is 144 Å². The van der Waals surface area contributed by atoms with Crippen LogP contribution >= 0.6 is 0 Å². The summed E-state index contributed by atoms with van der Waals surface area (Å²) in [5.41, 5.74) is 1.27. The number of nitrogens with zero attached hydrogens (tertiary/aromatic N) is 1. The lowest BCUT2D eigenvalue weighted by molar-refractivity contribution is -0.0495. The molecule has 2 N–H and O–H groups in total. The van der Waals surface area contributed by atoms with Gasteiger partial charge < -0.3 is 19.9 Å². The van der Waals surface area contributed by atoms with Crippen LogP contribution in [0.3, 0.4) is 0 Å². The van der Waals surface area contributed by atoms with E-state index in [1.54, 1.807) is 6.07 Å². The average Bonchev–Trinajstić information content (AvgIpc) is 3.23. The number of aromatic amines is 1. The highest BCUT2D eigenvalue weighted by molar-refractivity contribution is 5.98. The zero-order valence-corrected chi connectivity index (χ0v) is 13.9. The van der Waals surface area contributed by atoms with E-state index in [1.807, 2.05) is 18.2 Å². The third-order valence-electron chi connectivity index (χ3n) is 4.92. The number of likely N-dealkylation sites (tertiary alicyclic amines) is 1. The number of aromatic nitrogens is 1. The molecule has 2 aliphatic heterocycles. The number of H-pyrrole nitrogens is 1. The highest BCUT2D eigenvalue weighted by atomic mass is 19.3. The Balaban J connectivity index is 1.49. The summed E-state index contributed by atoms with van der Waals surface area (Å²) in [4.78, 5) is 17.1. The maximum Gasteiger partial charge on any atom is 0.270 e. The molecular weight excluding hydrogens is 328 g/mol. The predicted octanol–water partition coefficient (Wildman–Crippen LogP) is 2.78. The van der Waals surface area contributed by atoms with Crippen molar-refractivity contribution < 1.29 is 18.3 Å². The number of piperidine rings is 1. The fourth-order valence-electron chi connectivity index (χ4n) is 3.43. The molecule has 2 aromatic rings. The van der Waals surface area contributed by atoms with Crippen LogP contribution in [-0.4, -0.2) is 54.0 Å². The first-order chi connectivity index (χ1) is 12.0.